The fraction of sp³-hybridized carbons (Fsp3) is 0.0909. The summed E-state index contributed by atoms with van der Waals surface area (Å²) in [5.74, 6) is -0.871. The van der Waals surface area contributed by atoms with Gasteiger partial charge in [-0.15, -0.1) is 0 Å². The molecule has 0 aliphatic heterocycles. The summed E-state index contributed by atoms with van der Waals surface area (Å²) in [6, 6.07) is 5.81. The van der Waals surface area contributed by atoms with E-state index in [0.29, 0.717) is 0 Å². The second kappa shape index (κ2) is 4.14. The van der Waals surface area contributed by atoms with Crippen molar-refractivity contribution in [2.24, 2.45) is 0 Å². The van der Waals surface area contributed by atoms with Gasteiger partial charge in [0.2, 0.25) is 0 Å². The number of pyridine rings is 1. The molecule has 2 aromatic rings. The molecule has 0 aliphatic rings. The SMILES string of the molecule is CN(C(=O)c1ccco1)c1ncccc1F. The van der Waals surface area contributed by atoms with Gasteiger partial charge in [0, 0.05) is 13.2 Å². The number of amides is 1. The number of nitrogens with zero attached hydrogens (tertiary/aromatic N) is 2. The predicted octanol–water partition coefficient (Wildman–Crippen LogP) is 2.09. The fourth-order valence-corrected chi connectivity index (χ4v) is 1.29. The van der Waals surface area contributed by atoms with Gasteiger partial charge in [0.1, 0.15) is 0 Å². The zero-order valence-corrected chi connectivity index (χ0v) is 8.55. The molecule has 0 aliphatic carbocycles. The molecule has 0 saturated carbocycles. The smallest absolute Gasteiger partial charge is 0.294 e. The van der Waals surface area contributed by atoms with Crippen LogP contribution < -0.4 is 4.90 Å². The Bertz CT molecular complexity index is 496. The van der Waals surface area contributed by atoms with Crippen molar-refractivity contribution in [3.05, 3.63) is 48.3 Å². The lowest BCUT2D eigenvalue weighted by Crippen LogP contribution is -2.27. The van der Waals surface area contributed by atoms with Crippen molar-refractivity contribution in [3.63, 3.8) is 0 Å². The van der Waals surface area contributed by atoms with E-state index >= 15 is 0 Å². The number of hydrogen-bond donors (Lipinski definition) is 0. The molecule has 0 saturated heterocycles. The molecule has 16 heavy (non-hydrogen) atoms. The number of halogens is 1. The number of carbonyl (C=O) groups is 1. The molecule has 0 unspecified atom stereocenters. The van der Waals surface area contributed by atoms with Gasteiger partial charge >= 0.3 is 0 Å². The van der Waals surface area contributed by atoms with E-state index in [1.165, 1.54) is 37.7 Å². The lowest BCUT2D eigenvalue weighted by Gasteiger charge is -2.14. The molecule has 0 fully saturated rings. The van der Waals surface area contributed by atoms with Gasteiger partial charge in [0.15, 0.2) is 17.4 Å². The van der Waals surface area contributed by atoms with Crippen LogP contribution in [-0.2, 0) is 0 Å². The lowest BCUT2D eigenvalue weighted by atomic mass is 10.3. The molecular formula is C11H9FN2O2. The minimum atomic E-state index is -0.551. The van der Waals surface area contributed by atoms with Crippen LogP contribution in [0, 0.1) is 5.82 Å². The predicted molar refractivity (Wildman–Crippen MR) is 55.6 cm³/mol. The van der Waals surface area contributed by atoms with Crippen LogP contribution in [0.25, 0.3) is 0 Å². The van der Waals surface area contributed by atoms with Gasteiger partial charge in [-0.25, -0.2) is 9.37 Å². The van der Waals surface area contributed by atoms with Crippen molar-refractivity contribution in [3.8, 4) is 0 Å². The highest BCUT2D eigenvalue weighted by Crippen LogP contribution is 2.16. The Labute approximate surface area is 91.3 Å². The first-order chi connectivity index (χ1) is 7.70. The molecule has 2 heterocycles. The van der Waals surface area contributed by atoms with Crippen LogP contribution in [-0.4, -0.2) is 17.9 Å². The number of furan rings is 1. The Hall–Kier alpha value is -2.17. The molecule has 0 bridgehead atoms. The molecule has 0 spiro atoms. The maximum absolute atomic E-state index is 13.4. The van der Waals surface area contributed by atoms with E-state index in [9.17, 15) is 9.18 Å². The normalized spacial score (nSPS) is 10.1. The van der Waals surface area contributed by atoms with E-state index in [0.717, 1.165) is 4.90 Å². The van der Waals surface area contributed by atoms with E-state index in [4.69, 9.17) is 4.42 Å². The highest BCUT2D eigenvalue weighted by Gasteiger charge is 2.19. The first-order valence-corrected chi connectivity index (χ1v) is 4.62. The molecule has 4 nitrogen and oxygen atoms in total. The zero-order valence-electron chi connectivity index (χ0n) is 8.55. The van der Waals surface area contributed by atoms with Crippen molar-refractivity contribution < 1.29 is 13.6 Å². The van der Waals surface area contributed by atoms with Crippen LogP contribution in [0.1, 0.15) is 10.6 Å². The Morgan fingerprint density at radius 2 is 2.25 bits per heavy atom. The number of carbonyl (C=O) groups excluding carboxylic acids is 1. The number of anilines is 1. The third-order valence-corrected chi connectivity index (χ3v) is 2.09. The molecule has 0 atom stereocenters. The Kier molecular flexibility index (Phi) is 2.68. The van der Waals surface area contributed by atoms with Crippen LogP contribution in [0.4, 0.5) is 10.2 Å². The maximum atomic E-state index is 13.4. The summed E-state index contributed by atoms with van der Waals surface area (Å²) in [6.45, 7) is 0. The Balaban J connectivity index is 2.30. The molecule has 2 rings (SSSR count). The molecule has 2 aromatic heterocycles. The average molecular weight is 220 g/mol. The van der Waals surface area contributed by atoms with Gasteiger partial charge < -0.3 is 4.42 Å². The number of hydrogen-bond acceptors (Lipinski definition) is 3. The molecule has 0 N–H and O–H groups in total. The van der Waals surface area contributed by atoms with E-state index in [-0.39, 0.29) is 11.6 Å². The number of rotatable bonds is 2. The first-order valence-electron chi connectivity index (χ1n) is 4.62. The zero-order chi connectivity index (χ0) is 11.5. The summed E-state index contributed by atoms with van der Waals surface area (Å²) in [5.41, 5.74) is 0. The molecule has 82 valence electrons. The monoisotopic (exact) mass is 220 g/mol. The topological polar surface area (TPSA) is 46.3 Å². The second-order valence-corrected chi connectivity index (χ2v) is 3.15. The van der Waals surface area contributed by atoms with Crippen LogP contribution in [0.15, 0.2) is 41.1 Å². The fourth-order valence-electron chi connectivity index (χ4n) is 1.29. The van der Waals surface area contributed by atoms with E-state index in [2.05, 4.69) is 4.98 Å². The minimum absolute atomic E-state index is 0.0242. The summed E-state index contributed by atoms with van der Waals surface area (Å²) in [6.07, 6.45) is 2.81. The van der Waals surface area contributed by atoms with Gasteiger partial charge in [-0.05, 0) is 24.3 Å². The quantitative estimate of drug-likeness (QED) is 0.778. The van der Waals surface area contributed by atoms with Crippen LogP contribution in [0.5, 0.6) is 0 Å². The number of aromatic nitrogens is 1. The molecule has 0 aromatic carbocycles. The van der Waals surface area contributed by atoms with Crippen molar-refractivity contribution in [1.82, 2.24) is 4.98 Å². The van der Waals surface area contributed by atoms with Crippen LogP contribution in [0.2, 0.25) is 0 Å². The Morgan fingerprint density at radius 1 is 1.44 bits per heavy atom. The molecule has 0 radical (unpaired) electrons. The van der Waals surface area contributed by atoms with Crippen molar-refractivity contribution in [2.75, 3.05) is 11.9 Å². The van der Waals surface area contributed by atoms with Crippen LogP contribution in [0.3, 0.4) is 0 Å². The summed E-state index contributed by atoms with van der Waals surface area (Å²) in [4.78, 5) is 16.7. The Morgan fingerprint density at radius 3 is 2.88 bits per heavy atom. The third kappa shape index (κ3) is 1.79. The summed E-state index contributed by atoms with van der Waals surface area (Å²) < 4.78 is 18.3. The van der Waals surface area contributed by atoms with Crippen molar-refractivity contribution in [1.29, 1.82) is 0 Å². The summed E-state index contributed by atoms with van der Waals surface area (Å²) >= 11 is 0. The standard InChI is InChI=1S/C11H9FN2O2/c1-14(10-8(12)4-2-6-13-10)11(15)9-5-3-7-16-9/h2-7H,1H3. The van der Waals surface area contributed by atoms with E-state index in [1.54, 1.807) is 6.07 Å². The van der Waals surface area contributed by atoms with Gasteiger partial charge in [0.05, 0.1) is 6.26 Å². The largest absolute Gasteiger partial charge is 0.459 e. The average Bonchev–Trinajstić information content (AvgIpc) is 2.81. The summed E-state index contributed by atoms with van der Waals surface area (Å²) in [5, 5.41) is 0. The minimum Gasteiger partial charge on any atom is -0.459 e. The van der Waals surface area contributed by atoms with Gasteiger partial charge in [-0.3, -0.25) is 9.69 Å². The van der Waals surface area contributed by atoms with Gasteiger partial charge in [0.25, 0.3) is 5.91 Å². The lowest BCUT2D eigenvalue weighted by molar-refractivity contribution is 0.0965. The van der Waals surface area contributed by atoms with E-state index in [1.807, 2.05) is 0 Å². The van der Waals surface area contributed by atoms with Crippen molar-refractivity contribution >= 4 is 11.7 Å². The molecule has 1 amide bonds. The van der Waals surface area contributed by atoms with Crippen LogP contribution >= 0.6 is 0 Å². The first kappa shape index (κ1) is 10.4. The van der Waals surface area contributed by atoms with E-state index < -0.39 is 11.7 Å². The summed E-state index contributed by atoms with van der Waals surface area (Å²) in [7, 11) is 1.44. The second-order valence-electron chi connectivity index (χ2n) is 3.15. The highest BCUT2D eigenvalue weighted by molar-refractivity contribution is 6.03. The molecule has 5 heteroatoms. The highest BCUT2D eigenvalue weighted by atomic mass is 19.1. The maximum Gasteiger partial charge on any atom is 0.294 e. The molecular weight excluding hydrogens is 211 g/mol. The van der Waals surface area contributed by atoms with Gasteiger partial charge in [-0.1, -0.05) is 0 Å². The van der Waals surface area contributed by atoms with Crippen molar-refractivity contribution in [2.45, 2.75) is 0 Å². The van der Waals surface area contributed by atoms with Gasteiger partial charge in [-0.2, -0.15) is 0 Å². The third-order valence-electron chi connectivity index (χ3n) is 2.09.